The van der Waals surface area contributed by atoms with Gasteiger partial charge in [0, 0.05) is 4.88 Å². The molecule has 162 valence electrons. The Morgan fingerprint density at radius 1 is 1.10 bits per heavy atom. The van der Waals surface area contributed by atoms with Crippen molar-refractivity contribution < 1.29 is 22.4 Å². The highest BCUT2D eigenvalue weighted by Gasteiger charge is 2.30. The van der Waals surface area contributed by atoms with Crippen LogP contribution in [-0.2, 0) is 27.7 Å². The van der Waals surface area contributed by atoms with Crippen molar-refractivity contribution in [2.24, 2.45) is 5.92 Å². The fourth-order valence-electron chi connectivity index (χ4n) is 3.25. The molecule has 3 N–H and O–H groups in total. The largest absolute Gasteiger partial charge is 0.279 e. The van der Waals surface area contributed by atoms with Gasteiger partial charge in [-0.05, 0) is 55.4 Å². The minimum Gasteiger partial charge on any atom is -0.271 e. The first-order valence-electron chi connectivity index (χ1n) is 9.67. The van der Waals surface area contributed by atoms with Crippen molar-refractivity contribution in [3.63, 3.8) is 0 Å². The fraction of sp³-hybridized carbons (Fsp3) is 0.400. The van der Waals surface area contributed by atoms with E-state index in [2.05, 4.69) is 15.6 Å². The number of hydrogen-bond acceptors (Lipinski definition) is 5. The molecule has 1 aromatic carbocycles. The first-order chi connectivity index (χ1) is 14.2. The maximum absolute atomic E-state index is 13.9. The van der Waals surface area contributed by atoms with E-state index in [1.54, 1.807) is 13.8 Å². The summed E-state index contributed by atoms with van der Waals surface area (Å²) in [5, 5.41) is 0. The summed E-state index contributed by atoms with van der Waals surface area (Å²) in [6.45, 7) is 3.28. The van der Waals surface area contributed by atoms with E-state index in [9.17, 15) is 22.4 Å². The van der Waals surface area contributed by atoms with Crippen LogP contribution in [0.1, 0.15) is 46.8 Å². The molecular formula is C20H24FN3O4S2. The van der Waals surface area contributed by atoms with Crippen molar-refractivity contribution >= 4 is 33.2 Å². The topological polar surface area (TPSA) is 104 Å². The molecule has 2 aromatic rings. The van der Waals surface area contributed by atoms with Crippen LogP contribution in [0.5, 0.6) is 0 Å². The van der Waals surface area contributed by atoms with E-state index in [1.165, 1.54) is 33.9 Å². The third kappa shape index (κ3) is 5.05. The number of rotatable bonds is 6. The Balaban J connectivity index is 1.66. The van der Waals surface area contributed by atoms with Gasteiger partial charge in [0.1, 0.15) is 16.8 Å². The van der Waals surface area contributed by atoms with Crippen molar-refractivity contribution in [1.29, 1.82) is 0 Å². The number of fused-ring (bicyclic) bond motifs is 1. The van der Waals surface area contributed by atoms with Crippen LogP contribution in [0.4, 0.5) is 4.39 Å². The van der Waals surface area contributed by atoms with Crippen LogP contribution in [0.2, 0.25) is 0 Å². The Morgan fingerprint density at radius 2 is 1.80 bits per heavy atom. The quantitative estimate of drug-likeness (QED) is 0.585. The zero-order valence-electron chi connectivity index (χ0n) is 16.7. The number of amides is 2. The zero-order chi connectivity index (χ0) is 21.9. The fourth-order valence-corrected chi connectivity index (χ4v) is 5.82. The van der Waals surface area contributed by atoms with Crippen LogP contribution < -0.4 is 15.6 Å². The summed E-state index contributed by atoms with van der Waals surface area (Å²) in [7, 11) is -4.27. The van der Waals surface area contributed by atoms with Gasteiger partial charge >= 0.3 is 0 Å². The molecule has 10 heteroatoms. The van der Waals surface area contributed by atoms with E-state index in [0.717, 1.165) is 37.8 Å². The molecule has 2 amide bonds. The lowest BCUT2D eigenvalue weighted by Gasteiger charge is -2.21. The minimum absolute atomic E-state index is 0.447. The molecule has 0 aliphatic heterocycles. The molecule has 0 radical (unpaired) electrons. The third-order valence-corrected chi connectivity index (χ3v) is 7.59. The summed E-state index contributed by atoms with van der Waals surface area (Å²) in [6.07, 6.45) is 4.09. The van der Waals surface area contributed by atoms with Crippen molar-refractivity contribution in [3.05, 3.63) is 51.5 Å². The smallest absolute Gasteiger partial charge is 0.271 e. The van der Waals surface area contributed by atoms with Gasteiger partial charge in [-0.15, -0.1) is 11.3 Å². The van der Waals surface area contributed by atoms with E-state index < -0.39 is 44.5 Å². The molecule has 1 atom stereocenters. The van der Waals surface area contributed by atoms with Crippen molar-refractivity contribution in [2.75, 3.05) is 0 Å². The van der Waals surface area contributed by atoms with Gasteiger partial charge in [0.05, 0.1) is 4.88 Å². The van der Waals surface area contributed by atoms with Gasteiger partial charge in [-0.2, -0.15) is 4.72 Å². The van der Waals surface area contributed by atoms with Crippen molar-refractivity contribution in [3.8, 4) is 0 Å². The van der Waals surface area contributed by atoms with Crippen LogP contribution >= 0.6 is 11.3 Å². The molecule has 0 saturated heterocycles. The number of aryl methyl sites for hydroxylation is 2. The summed E-state index contributed by atoms with van der Waals surface area (Å²) in [4.78, 5) is 26.1. The van der Waals surface area contributed by atoms with Gasteiger partial charge in [0.15, 0.2) is 0 Å². The molecule has 3 rings (SSSR count). The molecule has 1 aliphatic carbocycles. The average molecular weight is 454 g/mol. The molecule has 1 heterocycles. The lowest BCUT2D eigenvalue weighted by atomic mass is 9.99. The number of sulfonamides is 1. The maximum atomic E-state index is 13.9. The highest BCUT2D eigenvalue weighted by Crippen LogP contribution is 2.29. The lowest BCUT2D eigenvalue weighted by Crippen LogP contribution is -2.54. The Morgan fingerprint density at radius 3 is 2.47 bits per heavy atom. The normalized spacial score (nSPS) is 14.8. The number of halogens is 1. The van der Waals surface area contributed by atoms with Gasteiger partial charge in [-0.25, -0.2) is 12.8 Å². The number of carbonyl (C=O) groups is 2. The lowest BCUT2D eigenvalue weighted by molar-refractivity contribution is -0.124. The van der Waals surface area contributed by atoms with Gasteiger partial charge < -0.3 is 0 Å². The second-order valence-electron chi connectivity index (χ2n) is 7.48. The number of thiophene rings is 1. The minimum atomic E-state index is -4.27. The number of hydrazine groups is 1. The molecule has 0 spiro atoms. The van der Waals surface area contributed by atoms with Gasteiger partial charge in [0.25, 0.3) is 11.8 Å². The second kappa shape index (κ2) is 9.23. The van der Waals surface area contributed by atoms with E-state index in [4.69, 9.17) is 0 Å². The molecule has 0 bridgehead atoms. The Kier molecular flexibility index (Phi) is 6.89. The number of hydrogen-bond donors (Lipinski definition) is 3. The number of nitrogens with one attached hydrogen (secondary N) is 3. The van der Waals surface area contributed by atoms with Crippen LogP contribution in [0.3, 0.4) is 0 Å². The molecule has 0 fully saturated rings. The Bertz CT molecular complexity index is 1030. The molecule has 1 unspecified atom stereocenters. The molecular weight excluding hydrogens is 429 g/mol. The Labute approximate surface area is 179 Å². The predicted octanol–water partition coefficient (Wildman–Crippen LogP) is 2.53. The van der Waals surface area contributed by atoms with Crippen LogP contribution in [0.25, 0.3) is 0 Å². The van der Waals surface area contributed by atoms with Crippen LogP contribution in [0, 0.1) is 11.7 Å². The monoisotopic (exact) mass is 453 g/mol. The summed E-state index contributed by atoms with van der Waals surface area (Å²) in [6, 6.07) is 5.54. The van der Waals surface area contributed by atoms with Crippen molar-refractivity contribution in [2.45, 2.75) is 50.5 Å². The van der Waals surface area contributed by atoms with Crippen LogP contribution in [0.15, 0.2) is 35.2 Å². The second-order valence-corrected chi connectivity index (χ2v) is 10.3. The molecule has 1 aromatic heterocycles. The summed E-state index contributed by atoms with van der Waals surface area (Å²) in [5.74, 6) is -2.55. The van der Waals surface area contributed by atoms with Crippen LogP contribution in [-0.4, -0.2) is 26.3 Å². The molecule has 1 aliphatic rings. The molecule has 0 saturated carbocycles. The first-order valence-corrected chi connectivity index (χ1v) is 12.0. The van der Waals surface area contributed by atoms with Gasteiger partial charge in [-0.1, -0.05) is 26.0 Å². The number of benzene rings is 1. The van der Waals surface area contributed by atoms with E-state index in [0.29, 0.717) is 4.88 Å². The standard InChI is InChI=1S/C20H24FN3O4S2/c1-12(2)18(24-30(27,28)17-10-6-4-8-14(17)21)20(26)23-22-19(25)16-11-13-7-3-5-9-15(13)29-16/h4,6,8,10-12,18,24H,3,5,7,9H2,1-2H3,(H,22,25)(H,23,26). The summed E-state index contributed by atoms with van der Waals surface area (Å²) < 4.78 is 41.2. The third-order valence-electron chi connectivity index (χ3n) is 4.88. The number of carbonyl (C=O) groups excluding carboxylic acids is 2. The van der Waals surface area contributed by atoms with Crippen molar-refractivity contribution in [1.82, 2.24) is 15.6 Å². The van der Waals surface area contributed by atoms with E-state index >= 15 is 0 Å². The average Bonchev–Trinajstić information content (AvgIpc) is 3.14. The molecule has 30 heavy (non-hydrogen) atoms. The molecule has 7 nitrogen and oxygen atoms in total. The van der Waals surface area contributed by atoms with Gasteiger partial charge in [-0.3, -0.25) is 20.4 Å². The highest BCUT2D eigenvalue weighted by atomic mass is 32.2. The van der Waals surface area contributed by atoms with E-state index in [-0.39, 0.29) is 0 Å². The summed E-state index contributed by atoms with van der Waals surface area (Å²) in [5.41, 5.74) is 5.79. The predicted molar refractivity (Wildman–Crippen MR) is 112 cm³/mol. The van der Waals surface area contributed by atoms with E-state index in [1.807, 2.05) is 6.07 Å². The summed E-state index contributed by atoms with van der Waals surface area (Å²) >= 11 is 1.40. The SMILES string of the molecule is CC(C)C(NS(=O)(=O)c1ccccc1F)C(=O)NNC(=O)c1cc2c(s1)CCCC2. The first kappa shape index (κ1) is 22.4. The maximum Gasteiger partial charge on any atom is 0.279 e. The zero-order valence-corrected chi connectivity index (χ0v) is 18.3. The highest BCUT2D eigenvalue weighted by molar-refractivity contribution is 7.89. The Hall–Kier alpha value is -2.30. The van der Waals surface area contributed by atoms with Gasteiger partial charge in [0.2, 0.25) is 10.0 Å².